The van der Waals surface area contributed by atoms with Crippen molar-refractivity contribution in [3.8, 4) is 0 Å². The Kier molecular flexibility index (Phi) is 8.21. The fourth-order valence-electron chi connectivity index (χ4n) is 2.45. The van der Waals surface area contributed by atoms with E-state index in [2.05, 4.69) is 5.32 Å². The summed E-state index contributed by atoms with van der Waals surface area (Å²) in [5.74, 6) is 0. The van der Waals surface area contributed by atoms with Gasteiger partial charge in [-0.1, -0.05) is 20.3 Å². The van der Waals surface area contributed by atoms with Crippen LogP contribution in [0.5, 0.6) is 0 Å². The quantitative estimate of drug-likeness (QED) is 0.687. The predicted octanol–water partition coefficient (Wildman–Crippen LogP) is 3.04. The molecule has 1 atom stereocenters. The lowest BCUT2D eigenvalue weighted by Crippen LogP contribution is -2.49. The molecule has 6 heteroatoms. The number of hydrogen-bond acceptors (Lipinski definition) is 3. The van der Waals surface area contributed by atoms with Crippen molar-refractivity contribution in [1.29, 1.82) is 0 Å². The molecule has 0 saturated heterocycles. The van der Waals surface area contributed by atoms with Crippen molar-refractivity contribution >= 4 is 0 Å². The lowest BCUT2D eigenvalue weighted by Gasteiger charge is -2.38. The fourth-order valence-corrected chi connectivity index (χ4v) is 2.45. The third-order valence-electron chi connectivity index (χ3n) is 3.32. The second-order valence-electron chi connectivity index (χ2n) is 7.21. The number of nitrogens with zero attached hydrogens (tertiary/aromatic N) is 1. The number of nitrogens with one attached hydrogen (secondary N) is 1. The number of alkyl halides is 3. The van der Waals surface area contributed by atoms with Gasteiger partial charge in [-0.3, -0.25) is 4.90 Å². The second-order valence-corrected chi connectivity index (χ2v) is 7.21. The Morgan fingerprint density at radius 2 is 1.62 bits per heavy atom. The molecule has 0 saturated carbocycles. The van der Waals surface area contributed by atoms with Crippen LogP contribution in [-0.2, 0) is 0 Å². The average molecular weight is 312 g/mol. The molecular formula is C15H31F3N2O. The Morgan fingerprint density at radius 1 is 1.05 bits per heavy atom. The summed E-state index contributed by atoms with van der Waals surface area (Å²) in [6, 6.07) is 0. The Labute approximate surface area is 126 Å². The van der Waals surface area contributed by atoms with Crippen LogP contribution in [-0.4, -0.2) is 54.5 Å². The number of aliphatic hydroxyl groups excluding tert-OH is 1. The van der Waals surface area contributed by atoms with E-state index in [1.54, 1.807) is 0 Å². The highest BCUT2D eigenvalue weighted by molar-refractivity contribution is 4.84. The molecule has 0 aliphatic carbocycles. The highest BCUT2D eigenvalue weighted by atomic mass is 19.4. The van der Waals surface area contributed by atoms with Gasteiger partial charge in [0.2, 0.25) is 0 Å². The monoisotopic (exact) mass is 312 g/mol. The molecule has 1 unspecified atom stereocenters. The summed E-state index contributed by atoms with van der Waals surface area (Å²) in [7, 11) is 0. The number of halogens is 3. The van der Waals surface area contributed by atoms with Crippen molar-refractivity contribution in [2.75, 3.05) is 32.8 Å². The lowest BCUT2D eigenvalue weighted by molar-refractivity contribution is -0.150. The summed E-state index contributed by atoms with van der Waals surface area (Å²) in [4.78, 5) is 1.31. The van der Waals surface area contributed by atoms with E-state index in [-0.39, 0.29) is 24.1 Å². The number of aliphatic hydroxyl groups is 1. The number of hydrogen-bond donors (Lipinski definition) is 2. The molecular weight excluding hydrogens is 281 g/mol. The summed E-state index contributed by atoms with van der Waals surface area (Å²) in [5.41, 5.74) is -0.316. The minimum Gasteiger partial charge on any atom is -0.395 e. The van der Waals surface area contributed by atoms with Crippen LogP contribution in [0.4, 0.5) is 13.2 Å². The molecule has 3 nitrogen and oxygen atoms in total. The maximum atomic E-state index is 12.6. The van der Waals surface area contributed by atoms with Gasteiger partial charge in [-0.05, 0) is 32.6 Å². The van der Waals surface area contributed by atoms with Crippen molar-refractivity contribution in [1.82, 2.24) is 10.2 Å². The Hall–Kier alpha value is -0.330. The Balaban J connectivity index is 4.81. The molecule has 0 amide bonds. The van der Waals surface area contributed by atoms with Gasteiger partial charge in [0.1, 0.15) is 0 Å². The van der Waals surface area contributed by atoms with E-state index in [4.69, 9.17) is 5.11 Å². The van der Waals surface area contributed by atoms with Crippen LogP contribution in [0.1, 0.15) is 47.5 Å². The molecule has 0 aromatic rings. The highest BCUT2D eigenvalue weighted by Gasteiger charge is 2.34. The molecule has 0 aromatic carbocycles. The van der Waals surface area contributed by atoms with Crippen LogP contribution < -0.4 is 5.32 Å². The molecule has 0 aromatic heterocycles. The zero-order valence-corrected chi connectivity index (χ0v) is 14.0. The van der Waals surface area contributed by atoms with Crippen LogP contribution in [0.25, 0.3) is 0 Å². The molecule has 0 aliphatic heterocycles. The van der Waals surface area contributed by atoms with Gasteiger partial charge in [-0.25, -0.2) is 0 Å². The SMILES string of the molecule is CCCC(C)(CNC(C)(C)C)CN(CCO)CC(F)(F)F. The second kappa shape index (κ2) is 8.34. The maximum absolute atomic E-state index is 12.6. The zero-order chi connectivity index (χ0) is 16.7. The summed E-state index contributed by atoms with van der Waals surface area (Å²) < 4.78 is 37.9. The Morgan fingerprint density at radius 3 is 2.00 bits per heavy atom. The highest BCUT2D eigenvalue weighted by Crippen LogP contribution is 2.27. The smallest absolute Gasteiger partial charge is 0.395 e. The third-order valence-corrected chi connectivity index (χ3v) is 3.32. The summed E-state index contributed by atoms with van der Waals surface area (Å²) in [5, 5.41) is 12.4. The molecule has 0 radical (unpaired) electrons. The molecule has 21 heavy (non-hydrogen) atoms. The topological polar surface area (TPSA) is 35.5 Å². The summed E-state index contributed by atoms with van der Waals surface area (Å²) in [6.45, 7) is 9.98. The first kappa shape index (κ1) is 20.7. The van der Waals surface area contributed by atoms with E-state index in [0.717, 1.165) is 12.8 Å². The largest absolute Gasteiger partial charge is 0.401 e. The number of rotatable bonds is 9. The molecule has 2 N–H and O–H groups in total. The molecule has 0 rings (SSSR count). The molecule has 0 fully saturated rings. The van der Waals surface area contributed by atoms with Gasteiger partial charge in [-0.15, -0.1) is 0 Å². The zero-order valence-electron chi connectivity index (χ0n) is 14.0. The molecule has 0 bridgehead atoms. The van der Waals surface area contributed by atoms with Crippen molar-refractivity contribution in [2.24, 2.45) is 5.41 Å². The van der Waals surface area contributed by atoms with Gasteiger partial charge in [0, 0.05) is 25.2 Å². The molecule has 128 valence electrons. The van der Waals surface area contributed by atoms with E-state index >= 15 is 0 Å². The minimum absolute atomic E-state index is 0.0499. The Bertz CT molecular complexity index is 290. The van der Waals surface area contributed by atoms with E-state index < -0.39 is 12.7 Å². The summed E-state index contributed by atoms with van der Waals surface area (Å²) in [6.07, 6.45) is -2.48. The van der Waals surface area contributed by atoms with Gasteiger partial charge in [0.15, 0.2) is 0 Å². The first-order chi connectivity index (χ1) is 9.41. The summed E-state index contributed by atoms with van der Waals surface area (Å²) >= 11 is 0. The maximum Gasteiger partial charge on any atom is 0.401 e. The van der Waals surface area contributed by atoms with Crippen molar-refractivity contribution < 1.29 is 18.3 Å². The first-order valence-electron chi connectivity index (χ1n) is 7.56. The van der Waals surface area contributed by atoms with Crippen LogP contribution in [0.3, 0.4) is 0 Å². The van der Waals surface area contributed by atoms with Crippen LogP contribution >= 0.6 is 0 Å². The van der Waals surface area contributed by atoms with Crippen LogP contribution in [0.15, 0.2) is 0 Å². The van der Waals surface area contributed by atoms with E-state index in [1.165, 1.54) is 4.90 Å². The van der Waals surface area contributed by atoms with E-state index in [0.29, 0.717) is 13.1 Å². The average Bonchev–Trinajstić information content (AvgIpc) is 2.24. The standard InChI is InChI=1S/C15H31F3N2O/c1-6-7-14(5,10-19-13(2,3)4)11-20(8-9-21)12-15(16,17)18/h19,21H,6-12H2,1-5H3. The van der Waals surface area contributed by atoms with Gasteiger partial charge in [0.05, 0.1) is 13.2 Å². The van der Waals surface area contributed by atoms with Crippen LogP contribution in [0.2, 0.25) is 0 Å². The van der Waals surface area contributed by atoms with E-state index in [1.807, 2.05) is 34.6 Å². The molecule has 0 aliphatic rings. The van der Waals surface area contributed by atoms with E-state index in [9.17, 15) is 13.2 Å². The van der Waals surface area contributed by atoms with Crippen molar-refractivity contribution in [3.63, 3.8) is 0 Å². The fraction of sp³-hybridized carbons (Fsp3) is 1.00. The first-order valence-corrected chi connectivity index (χ1v) is 7.56. The predicted molar refractivity (Wildman–Crippen MR) is 80.4 cm³/mol. The van der Waals surface area contributed by atoms with Crippen LogP contribution in [0, 0.1) is 5.41 Å². The lowest BCUT2D eigenvalue weighted by atomic mass is 9.84. The van der Waals surface area contributed by atoms with Gasteiger partial charge in [-0.2, -0.15) is 13.2 Å². The normalized spacial score (nSPS) is 16.3. The van der Waals surface area contributed by atoms with Gasteiger partial charge >= 0.3 is 6.18 Å². The third kappa shape index (κ3) is 11.0. The van der Waals surface area contributed by atoms with Gasteiger partial charge in [0.25, 0.3) is 0 Å². The van der Waals surface area contributed by atoms with Gasteiger partial charge < -0.3 is 10.4 Å². The molecule has 0 spiro atoms. The van der Waals surface area contributed by atoms with Crippen molar-refractivity contribution in [3.05, 3.63) is 0 Å². The molecule has 0 heterocycles. The van der Waals surface area contributed by atoms with Crippen molar-refractivity contribution in [2.45, 2.75) is 59.2 Å². The minimum atomic E-state index is -4.24.